The average molecular weight is 448 g/mol. The highest BCUT2D eigenvalue weighted by Gasteiger charge is 2.36. The Morgan fingerprint density at radius 2 is 1.81 bits per heavy atom. The van der Waals surface area contributed by atoms with Gasteiger partial charge in [0, 0.05) is 11.5 Å². The molecule has 9 nitrogen and oxygen atoms in total. The highest BCUT2D eigenvalue weighted by atomic mass is 16.6. The van der Waals surface area contributed by atoms with Crippen LogP contribution in [-0.2, 0) is 28.6 Å². The molecule has 32 heavy (non-hydrogen) atoms. The first-order valence-corrected chi connectivity index (χ1v) is 10.3. The summed E-state index contributed by atoms with van der Waals surface area (Å²) < 4.78 is 25.4. The Bertz CT molecular complexity index is 1010. The molecule has 0 saturated heterocycles. The van der Waals surface area contributed by atoms with E-state index in [1.165, 1.54) is 13.2 Å². The molecule has 0 radical (unpaired) electrons. The first-order chi connectivity index (χ1) is 15.2. The third kappa shape index (κ3) is 6.83. The Hall–Kier alpha value is -3.36. The molecule has 0 aliphatic rings. The number of hydrogen-bond acceptors (Lipinski definition) is 9. The lowest BCUT2D eigenvalue weighted by Gasteiger charge is -2.27. The Labute approximate surface area is 185 Å². The minimum absolute atomic E-state index is 0.106. The third-order valence-corrected chi connectivity index (χ3v) is 5.16. The van der Waals surface area contributed by atoms with Crippen molar-refractivity contribution in [3.05, 3.63) is 40.8 Å². The smallest absolute Gasteiger partial charge is 0.344 e. The van der Waals surface area contributed by atoms with Gasteiger partial charge in [0.05, 0.1) is 18.4 Å². The third-order valence-electron chi connectivity index (χ3n) is 5.16. The fourth-order valence-electron chi connectivity index (χ4n) is 3.14. The van der Waals surface area contributed by atoms with Gasteiger partial charge in [-0.25, -0.2) is 9.59 Å². The number of rotatable bonds is 11. The van der Waals surface area contributed by atoms with Gasteiger partial charge in [0.1, 0.15) is 24.5 Å². The molecule has 0 aliphatic carbocycles. The van der Waals surface area contributed by atoms with Crippen LogP contribution in [0.25, 0.3) is 11.0 Å². The number of methoxy groups -OCH3 is 1. The first kappa shape index (κ1) is 24.9. The van der Waals surface area contributed by atoms with Crippen LogP contribution in [-0.4, -0.2) is 44.8 Å². The van der Waals surface area contributed by atoms with Crippen molar-refractivity contribution in [2.24, 2.45) is 11.3 Å². The molecule has 0 fully saturated rings. The van der Waals surface area contributed by atoms with E-state index in [1.807, 2.05) is 6.92 Å². The van der Waals surface area contributed by atoms with Gasteiger partial charge >= 0.3 is 23.5 Å². The molecule has 174 valence electrons. The van der Waals surface area contributed by atoms with Crippen LogP contribution < -0.4 is 10.4 Å². The summed E-state index contributed by atoms with van der Waals surface area (Å²) in [5.41, 5.74) is -0.813. The normalized spacial score (nSPS) is 13.6. The minimum atomic E-state index is -0.773. The second-order valence-electron chi connectivity index (χ2n) is 7.64. The summed E-state index contributed by atoms with van der Waals surface area (Å²) in [7, 11) is 1.32. The number of ether oxygens (including phenoxy) is 4. The van der Waals surface area contributed by atoms with Crippen molar-refractivity contribution < 1.29 is 37.7 Å². The monoisotopic (exact) mass is 448 g/mol. The lowest BCUT2D eigenvalue weighted by Crippen LogP contribution is -2.33. The van der Waals surface area contributed by atoms with Crippen LogP contribution >= 0.6 is 0 Å². The fourth-order valence-corrected chi connectivity index (χ4v) is 3.14. The van der Waals surface area contributed by atoms with Crippen LogP contribution in [0.2, 0.25) is 0 Å². The molecule has 2 unspecified atom stereocenters. The van der Waals surface area contributed by atoms with Crippen molar-refractivity contribution >= 4 is 28.9 Å². The molecule has 2 rings (SSSR count). The van der Waals surface area contributed by atoms with E-state index < -0.39 is 28.9 Å². The van der Waals surface area contributed by atoms with Gasteiger partial charge in [-0.2, -0.15) is 0 Å². The number of carbonyl (C=O) groups excluding carboxylic acids is 3. The summed E-state index contributed by atoms with van der Waals surface area (Å²) in [6, 6.07) is 7.66. The molecule has 9 heteroatoms. The van der Waals surface area contributed by atoms with Gasteiger partial charge in [-0.1, -0.05) is 13.8 Å². The second kappa shape index (κ2) is 11.3. The second-order valence-corrected chi connectivity index (χ2v) is 7.64. The van der Waals surface area contributed by atoms with E-state index >= 15 is 0 Å². The van der Waals surface area contributed by atoms with Crippen LogP contribution in [0.3, 0.4) is 0 Å². The van der Waals surface area contributed by atoms with Crippen molar-refractivity contribution in [2.45, 2.75) is 33.6 Å². The maximum atomic E-state index is 12.2. The van der Waals surface area contributed by atoms with Crippen LogP contribution in [0.1, 0.15) is 33.6 Å². The number of benzene rings is 1. The van der Waals surface area contributed by atoms with Crippen molar-refractivity contribution in [1.29, 1.82) is 0 Å². The van der Waals surface area contributed by atoms with Gasteiger partial charge in [-0.05, 0) is 44.0 Å². The molecule has 0 saturated carbocycles. The van der Waals surface area contributed by atoms with Crippen LogP contribution in [0.15, 0.2) is 39.5 Å². The summed E-state index contributed by atoms with van der Waals surface area (Å²) in [6.07, 6.45) is 0.818. The van der Waals surface area contributed by atoms with Crippen LogP contribution in [0, 0.1) is 11.3 Å². The summed E-state index contributed by atoms with van der Waals surface area (Å²) in [4.78, 5) is 47.1. The maximum Gasteiger partial charge on any atom is 0.344 e. The summed E-state index contributed by atoms with van der Waals surface area (Å²) in [6.45, 7) is 4.72. The largest absolute Gasteiger partial charge is 0.482 e. The number of fused-ring (bicyclic) bond motifs is 1. The van der Waals surface area contributed by atoms with Crippen molar-refractivity contribution in [3.63, 3.8) is 0 Å². The molecule has 2 atom stereocenters. The number of hydrogen-bond donors (Lipinski definition) is 0. The van der Waals surface area contributed by atoms with Gasteiger partial charge in [0.25, 0.3) is 0 Å². The lowest BCUT2D eigenvalue weighted by atomic mass is 9.79. The molecule has 2 aromatic rings. The molecule has 0 N–H and O–H groups in total. The summed E-state index contributed by atoms with van der Waals surface area (Å²) in [5.74, 6) is -1.59. The van der Waals surface area contributed by atoms with Gasteiger partial charge < -0.3 is 23.4 Å². The summed E-state index contributed by atoms with van der Waals surface area (Å²) in [5, 5.41) is 0.655. The van der Waals surface area contributed by atoms with E-state index in [4.69, 9.17) is 23.4 Å². The predicted octanol–water partition coefficient (Wildman–Crippen LogP) is 2.87. The van der Waals surface area contributed by atoms with E-state index in [1.54, 1.807) is 38.1 Å². The predicted molar refractivity (Wildman–Crippen MR) is 114 cm³/mol. The molecule has 0 spiro atoms. The molecule has 1 aromatic carbocycles. The molecule has 0 amide bonds. The van der Waals surface area contributed by atoms with E-state index in [0.717, 1.165) is 0 Å². The molecular weight excluding hydrogens is 420 g/mol. The highest BCUT2D eigenvalue weighted by molar-refractivity contribution is 5.79. The molecule has 1 heterocycles. The molecule has 1 aromatic heterocycles. The summed E-state index contributed by atoms with van der Waals surface area (Å²) >= 11 is 0. The van der Waals surface area contributed by atoms with Gasteiger partial charge in [0.2, 0.25) is 0 Å². The van der Waals surface area contributed by atoms with Gasteiger partial charge in [-0.3, -0.25) is 9.59 Å². The Kier molecular flexibility index (Phi) is 8.80. The zero-order valence-electron chi connectivity index (χ0n) is 18.7. The average Bonchev–Trinajstić information content (AvgIpc) is 2.79. The molecular formula is C23H28O9. The van der Waals surface area contributed by atoms with Crippen LogP contribution in [0.5, 0.6) is 5.75 Å². The zero-order valence-corrected chi connectivity index (χ0v) is 18.7. The fraction of sp³-hybridized carbons (Fsp3) is 0.478. The van der Waals surface area contributed by atoms with Crippen molar-refractivity contribution in [2.75, 3.05) is 26.9 Å². The Morgan fingerprint density at radius 3 is 2.50 bits per heavy atom. The topological polar surface area (TPSA) is 118 Å². The first-order valence-electron chi connectivity index (χ1n) is 10.3. The highest BCUT2D eigenvalue weighted by Crippen LogP contribution is 2.31. The van der Waals surface area contributed by atoms with Crippen molar-refractivity contribution in [1.82, 2.24) is 0 Å². The number of esters is 3. The van der Waals surface area contributed by atoms with Crippen molar-refractivity contribution in [3.8, 4) is 5.75 Å². The van der Waals surface area contributed by atoms with E-state index in [9.17, 15) is 19.2 Å². The SMILES string of the molecule is CCC(C)(CC(C)C(=O)OCCOC(=O)COc1ccc2oc(=O)ccc2c1)C(=O)OC. The van der Waals surface area contributed by atoms with Gasteiger partial charge in [0.15, 0.2) is 6.61 Å². The Morgan fingerprint density at radius 1 is 1.09 bits per heavy atom. The standard InChI is InChI=1S/C23H28O9/c1-5-23(3,22(27)28-4)13-15(2)21(26)30-11-10-29-20(25)14-31-17-7-8-18-16(12-17)6-9-19(24)32-18/h6-9,12,15H,5,10-11,13-14H2,1-4H3. The lowest BCUT2D eigenvalue weighted by molar-refractivity contribution is -0.159. The number of carbonyl (C=O) groups is 3. The van der Waals surface area contributed by atoms with Gasteiger partial charge in [-0.15, -0.1) is 0 Å². The van der Waals surface area contributed by atoms with Crippen LogP contribution in [0.4, 0.5) is 0 Å². The quantitative estimate of drug-likeness (QED) is 0.221. The maximum absolute atomic E-state index is 12.2. The molecule has 0 bridgehead atoms. The Balaban J connectivity index is 1.71. The van der Waals surface area contributed by atoms with E-state index in [-0.39, 0.29) is 32.2 Å². The van der Waals surface area contributed by atoms with E-state index in [2.05, 4.69) is 0 Å². The zero-order chi connectivity index (χ0) is 23.7. The van der Waals surface area contributed by atoms with E-state index in [0.29, 0.717) is 23.1 Å². The minimum Gasteiger partial charge on any atom is -0.482 e. The molecule has 0 aliphatic heterocycles.